The maximum atomic E-state index is 12.4. The van der Waals surface area contributed by atoms with E-state index >= 15 is 0 Å². The van der Waals surface area contributed by atoms with Gasteiger partial charge in [0.25, 0.3) is 11.6 Å². The van der Waals surface area contributed by atoms with Crippen LogP contribution in [-0.4, -0.2) is 23.3 Å². The largest absolute Gasteiger partial charge is 0.322 e. The van der Waals surface area contributed by atoms with Crippen molar-refractivity contribution in [2.45, 2.75) is 13.3 Å². The first-order valence-corrected chi connectivity index (χ1v) is 7.91. The number of benzene rings is 2. The Morgan fingerprint density at radius 3 is 2.68 bits per heavy atom. The molecule has 0 saturated heterocycles. The first-order valence-electron chi connectivity index (χ1n) is 7.53. The van der Waals surface area contributed by atoms with E-state index in [2.05, 4.69) is 5.32 Å². The van der Waals surface area contributed by atoms with Crippen molar-refractivity contribution in [2.24, 2.45) is 0 Å². The average Bonchev–Trinajstić information content (AvgIpc) is 2.98. The molecule has 8 heteroatoms. The van der Waals surface area contributed by atoms with Crippen molar-refractivity contribution >= 4 is 40.5 Å². The van der Waals surface area contributed by atoms with Crippen molar-refractivity contribution in [3.63, 3.8) is 0 Å². The van der Waals surface area contributed by atoms with E-state index in [1.54, 1.807) is 17.0 Å². The molecule has 25 heavy (non-hydrogen) atoms. The fourth-order valence-electron chi connectivity index (χ4n) is 2.78. The van der Waals surface area contributed by atoms with Gasteiger partial charge in [0.15, 0.2) is 0 Å². The molecule has 0 unspecified atom stereocenters. The zero-order valence-corrected chi connectivity index (χ0v) is 14.0. The first-order chi connectivity index (χ1) is 11.9. The highest BCUT2D eigenvalue weighted by molar-refractivity contribution is 6.34. The molecule has 0 aromatic heterocycles. The molecule has 0 atom stereocenters. The van der Waals surface area contributed by atoms with Crippen molar-refractivity contribution in [1.29, 1.82) is 0 Å². The number of rotatable bonds is 3. The Morgan fingerprint density at radius 2 is 2.00 bits per heavy atom. The third kappa shape index (κ3) is 3.32. The van der Waals surface area contributed by atoms with Crippen LogP contribution in [0.2, 0.25) is 5.02 Å². The van der Waals surface area contributed by atoms with E-state index in [-0.39, 0.29) is 22.2 Å². The number of nitrogens with zero attached hydrogens (tertiary/aromatic N) is 2. The van der Waals surface area contributed by atoms with E-state index in [9.17, 15) is 19.7 Å². The number of nitro benzene ring substituents is 1. The summed E-state index contributed by atoms with van der Waals surface area (Å²) >= 11 is 5.98. The normalized spacial score (nSPS) is 12.6. The van der Waals surface area contributed by atoms with Crippen LogP contribution in [-0.2, 0) is 11.2 Å². The van der Waals surface area contributed by atoms with E-state index in [1.165, 1.54) is 19.1 Å². The van der Waals surface area contributed by atoms with Gasteiger partial charge in [0, 0.05) is 37.0 Å². The van der Waals surface area contributed by atoms with Crippen LogP contribution in [0.5, 0.6) is 0 Å². The van der Waals surface area contributed by atoms with Crippen molar-refractivity contribution < 1.29 is 14.5 Å². The van der Waals surface area contributed by atoms with E-state index < -0.39 is 10.8 Å². The molecule has 1 N–H and O–H groups in total. The highest BCUT2D eigenvalue weighted by Crippen LogP contribution is 2.31. The summed E-state index contributed by atoms with van der Waals surface area (Å²) in [7, 11) is 0. The number of nitro groups is 1. The number of nitrogens with one attached hydrogen (secondary N) is 1. The Labute approximate surface area is 148 Å². The Bertz CT molecular complexity index is 897. The molecule has 0 fully saturated rings. The van der Waals surface area contributed by atoms with Crippen LogP contribution in [0.15, 0.2) is 36.4 Å². The second kappa shape index (κ2) is 6.52. The van der Waals surface area contributed by atoms with Crippen molar-refractivity contribution in [1.82, 2.24) is 0 Å². The lowest BCUT2D eigenvalue weighted by molar-refractivity contribution is -0.384. The van der Waals surface area contributed by atoms with Gasteiger partial charge in [-0.25, -0.2) is 0 Å². The standard InChI is InChI=1S/C17H14ClN3O4/c1-10(22)20-7-6-11-2-3-12(8-16(11)20)19-17(23)14-9-13(21(24)25)4-5-15(14)18/h2-5,8-9H,6-7H2,1H3,(H,19,23). The topological polar surface area (TPSA) is 92.6 Å². The van der Waals surface area contributed by atoms with Crippen LogP contribution >= 0.6 is 11.6 Å². The van der Waals surface area contributed by atoms with E-state index in [4.69, 9.17) is 11.6 Å². The molecule has 1 heterocycles. The molecule has 2 amide bonds. The third-order valence-corrected chi connectivity index (χ3v) is 4.35. The third-order valence-electron chi connectivity index (χ3n) is 4.02. The summed E-state index contributed by atoms with van der Waals surface area (Å²) in [6.07, 6.45) is 0.764. The van der Waals surface area contributed by atoms with Gasteiger partial charge in [-0.3, -0.25) is 19.7 Å². The van der Waals surface area contributed by atoms with Gasteiger partial charge >= 0.3 is 0 Å². The van der Waals surface area contributed by atoms with Crippen LogP contribution in [0.25, 0.3) is 0 Å². The number of hydrogen-bond acceptors (Lipinski definition) is 4. The van der Waals surface area contributed by atoms with Crippen molar-refractivity contribution in [2.75, 3.05) is 16.8 Å². The van der Waals surface area contributed by atoms with E-state index in [1.807, 2.05) is 6.07 Å². The number of fused-ring (bicyclic) bond motifs is 1. The zero-order chi connectivity index (χ0) is 18.1. The second-order valence-electron chi connectivity index (χ2n) is 5.64. The lowest BCUT2D eigenvalue weighted by Gasteiger charge is -2.16. The molecule has 7 nitrogen and oxygen atoms in total. The Morgan fingerprint density at radius 1 is 1.24 bits per heavy atom. The van der Waals surface area contributed by atoms with Crippen molar-refractivity contribution in [3.8, 4) is 0 Å². The maximum absolute atomic E-state index is 12.4. The maximum Gasteiger partial charge on any atom is 0.270 e. The molecule has 0 spiro atoms. The molecule has 3 rings (SSSR count). The summed E-state index contributed by atoms with van der Waals surface area (Å²) in [5.41, 5.74) is 2.07. The SMILES string of the molecule is CC(=O)N1CCc2ccc(NC(=O)c3cc([N+](=O)[O-])ccc3Cl)cc21. The molecule has 2 aromatic carbocycles. The Balaban J connectivity index is 1.87. The van der Waals surface area contributed by atoms with Gasteiger partial charge in [0.2, 0.25) is 5.91 Å². The fourth-order valence-corrected chi connectivity index (χ4v) is 2.99. The van der Waals surface area contributed by atoms with Gasteiger partial charge in [-0.2, -0.15) is 0 Å². The number of hydrogen-bond donors (Lipinski definition) is 1. The highest BCUT2D eigenvalue weighted by Gasteiger charge is 2.23. The van der Waals surface area contributed by atoms with Gasteiger partial charge in [-0.15, -0.1) is 0 Å². The summed E-state index contributed by atoms with van der Waals surface area (Å²) in [4.78, 5) is 36.0. The number of non-ortho nitro benzene ring substituents is 1. The van der Waals surface area contributed by atoms with Crippen LogP contribution < -0.4 is 10.2 Å². The summed E-state index contributed by atoms with van der Waals surface area (Å²) in [6.45, 7) is 2.10. The first kappa shape index (κ1) is 16.9. The van der Waals surface area contributed by atoms with Gasteiger partial charge in [0.05, 0.1) is 15.5 Å². The molecule has 1 aliphatic heterocycles. The predicted octanol–water partition coefficient (Wildman–Crippen LogP) is 3.41. The molecule has 0 radical (unpaired) electrons. The van der Waals surface area contributed by atoms with Crippen LogP contribution in [0.1, 0.15) is 22.8 Å². The zero-order valence-electron chi connectivity index (χ0n) is 13.3. The van der Waals surface area contributed by atoms with Gasteiger partial charge < -0.3 is 10.2 Å². The van der Waals surface area contributed by atoms with Gasteiger partial charge in [-0.05, 0) is 30.2 Å². The van der Waals surface area contributed by atoms with E-state index in [0.29, 0.717) is 12.2 Å². The van der Waals surface area contributed by atoms with Crippen LogP contribution in [0.3, 0.4) is 0 Å². The van der Waals surface area contributed by atoms with Crippen LogP contribution in [0, 0.1) is 10.1 Å². The lowest BCUT2D eigenvalue weighted by Crippen LogP contribution is -2.25. The smallest absolute Gasteiger partial charge is 0.270 e. The minimum absolute atomic E-state index is 0.0137. The highest BCUT2D eigenvalue weighted by atomic mass is 35.5. The number of anilines is 2. The minimum Gasteiger partial charge on any atom is -0.322 e. The molecular formula is C17H14ClN3O4. The molecule has 128 valence electrons. The summed E-state index contributed by atoms with van der Waals surface area (Å²) in [6, 6.07) is 8.97. The molecule has 0 bridgehead atoms. The number of carbonyl (C=O) groups excluding carboxylic acids is 2. The monoisotopic (exact) mass is 359 g/mol. The summed E-state index contributed by atoms with van der Waals surface area (Å²) in [5, 5.41) is 13.7. The molecular weight excluding hydrogens is 346 g/mol. The summed E-state index contributed by atoms with van der Waals surface area (Å²) in [5.74, 6) is -0.620. The van der Waals surface area contributed by atoms with Crippen molar-refractivity contribution in [3.05, 3.63) is 62.7 Å². The average molecular weight is 360 g/mol. The lowest BCUT2D eigenvalue weighted by atomic mass is 10.1. The molecule has 2 aromatic rings. The Hall–Kier alpha value is -2.93. The quantitative estimate of drug-likeness (QED) is 0.671. The number of halogens is 1. The van der Waals surface area contributed by atoms with Gasteiger partial charge in [-0.1, -0.05) is 17.7 Å². The number of carbonyl (C=O) groups is 2. The fraction of sp³-hybridized carbons (Fsp3) is 0.176. The second-order valence-corrected chi connectivity index (χ2v) is 6.05. The van der Waals surface area contributed by atoms with Gasteiger partial charge in [0.1, 0.15) is 0 Å². The Kier molecular flexibility index (Phi) is 4.41. The number of amides is 2. The molecule has 0 saturated carbocycles. The summed E-state index contributed by atoms with van der Waals surface area (Å²) < 4.78 is 0. The van der Waals surface area contributed by atoms with Crippen LogP contribution in [0.4, 0.5) is 17.1 Å². The minimum atomic E-state index is -0.590. The van der Waals surface area contributed by atoms with E-state index in [0.717, 1.165) is 23.7 Å². The molecule has 1 aliphatic rings. The molecule has 0 aliphatic carbocycles. The predicted molar refractivity (Wildman–Crippen MR) is 94.2 cm³/mol.